The van der Waals surface area contributed by atoms with Gasteiger partial charge in [0.1, 0.15) is 11.1 Å². The molecule has 0 saturated carbocycles. The zero-order chi connectivity index (χ0) is 13.9. The van der Waals surface area contributed by atoms with E-state index in [9.17, 15) is 0 Å². The highest BCUT2D eigenvalue weighted by Gasteiger charge is 2.13. The van der Waals surface area contributed by atoms with Crippen LogP contribution in [0.25, 0.3) is 16.3 Å². The second kappa shape index (κ2) is 5.36. The number of thiophene rings is 1. The normalized spacial score (nSPS) is 10.3. The van der Waals surface area contributed by atoms with Gasteiger partial charge in [-0.3, -0.25) is 0 Å². The standard InChI is InChI=1S/C13H9N5S2/c14-8-20-10-5-3-9(4-6-10)18-13(15)12(16-17-18)11-2-1-7-19-11/h1-7H,15H2. The third-order valence-electron chi connectivity index (χ3n) is 2.70. The van der Waals surface area contributed by atoms with Crippen LogP contribution >= 0.6 is 23.1 Å². The van der Waals surface area contributed by atoms with E-state index in [1.165, 1.54) is 0 Å². The maximum Gasteiger partial charge on any atom is 0.156 e. The molecule has 0 unspecified atom stereocenters. The number of nitrogen functional groups attached to an aromatic ring is 1. The van der Waals surface area contributed by atoms with Crippen molar-refractivity contribution in [3.8, 4) is 21.7 Å². The number of anilines is 1. The van der Waals surface area contributed by atoms with E-state index in [0.717, 1.165) is 27.2 Å². The van der Waals surface area contributed by atoms with E-state index in [2.05, 4.69) is 10.3 Å². The molecule has 0 aliphatic heterocycles. The molecule has 3 aromatic rings. The van der Waals surface area contributed by atoms with Crippen LogP contribution in [0, 0.1) is 10.7 Å². The predicted molar refractivity (Wildman–Crippen MR) is 80.6 cm³/mol. The molecule has 2 heterocycles. The molecule has 20 heavy (non-hydrogen) atoms. The Morgan fingerprint density at radius 3 is 2.70 bits per heavy atom. The zero-order valence-corrected chi connectivity index (χ0v) is 11.9. The number of thioether (sulfide) groups is 1. The van der Waals surface area contributed by atoms with E-state index in [0.29, 0.717) is 11.5 Å². The molecule has 0 amide bonds. The van der Waals surface area contributed by atoms with Crippen molar-refractivity contribution < 1.29 is 0 Å². The van der Waals surface area contributed by atoms with E-state index >= 15 is 0 Å². The van der Waals surface area contributed by atoms with E-state index in [1.807, 2.05) is 47.2 Å². The highest BCUT2D eigenvalue weighted by atomic mass is 32.2. The molecule has 98 valence electrons. The Hall–Kier alpha value is -2.30. The lowest BCUT2D eigenvalue weighted by molar-refractivity contribution is 0.810. The average Bonchev–Trinajstić information content (AvgIpc) is 3.09. The molecule has 0 bridgehead atoms. The molecule has 0 aliphatic carbocycles. The third-order valence-corrected chi connectivity index (χ3v) is 4.18. The van der Waals surface area contributed by atoms with Crippen molar-refractivity contribution in [2.24, 2.45) is 0 Å². The van der Waals surface area contributed by atoms with Gasteiger partial charge in [-0.1, -0.05) is 11.3 Å². The fourth-order valence-electron chi connectivity index (χ4n) is 1.78. The fraction of sp³-hybridized carbons (Fsp3) is 0. The van der Waals surface area contributed by atoms with Crippen LogP contribution in [0.3, 0.4) is 0 Å². The Balaban J connectivity index is 1.97. The number of nitrogens with zero attached hydrogens (tertiary/aromatic N) is 4. The zero-order valence-electron chi connectivity index (χ0n) is 10.2. The second-order valence-corrected chi connectivity index (χ2v) is 5.71. The minimum atomic E-state index is 0.508. The predicted octanol–water partition coefficient (Wildman–Crippen LogP) is 3.15. The van der Waals surface area contributed by atoms with Gasteiger partial charge in [-0.25, -0.2) is 0 Å². The molecular weight excluding hydrogens is 290 g/mol. The van der Waals surface area contributed by atoms with E-state index in [4.69, 9.17) is 11.0 Å². The second-order valence-electron chi connectivity index (χ2n) is 3.90. The highest BCUT2D eigenvalue weighted by molar-refractivity contribution is 8.03. The molecule has 0 spiro atoms. The Bertz CT molecular complexity index is 753. The van der Waals surface area contributed by atoms with Crippen molar-refractivity contribution in [3.63, 3.8) is 0 Å². The number of thiocyanates is 1. The summed E-state index contributed by atoms with van der Waals surface area (Å²) in [5, 5.41) is 20.9. The summed E-state index contributed by atoms with van der Waals surface area (Å²) in [6, 6.07) is 11.4. The number of nitrogens with two attached hydrogens (primary N) is 1. The monoisotopic (exact) mass is 299 g/mol. The maximum atomic E-state index is 8.63. The van der Waals surface area contributed by atoms with Gasteiger partial charge in [0.2, 0.25) is 0 Å². The Labute approximate surface area is 123 Å². The van der Waals surface area contributed by atoms with Gasteiger partial charge in [-0.05, 0) is 47.5 Å². The van der Waals surface area contributed by atoms with Crippen LogP contribution in [0.1, 0.15) is 0 Å². The summed E-state index contributed by atoms with van der Waals surface area (Å²) in [4.78, 5) is 1.87. The van der Waals surface area contributed by atoms with Gasteiger partial charge in [0, 0.05) is 4.90 Å². The smallest absolute Gasteiger partial charge is 0.156 e. The lowest BCUT2D eigenvalue weighted by Crippen LogP contribution is -2.02. The van der Waals surface area contributed by atoms with E-state index in [1.54, 1.807) is 16.0 Å². The van der Waals surface area contributed by atoms with E-state index in [-0.39, 0.29) is 0 Å². The average molecular weight is 299 g/mol. The first kappa shape index (κ1) is 12.7. The lowest BCUT2D eigenvalue weighted by atomic mass is 10.3. The summed E-state index contributed by atoms with van der Waals surface area (Å²) >= 11 is 2.69. The highest BCUT2D eigenvalue weighted by Crippen LogP contribution is 2.29. The number of aromatic nitrogens is 3. The van der Waals surface area contributed by atoms with Gasteiger partial charge in [-0.15, -0.1) is 16.4 Å². The minimum Gasteiger partial charge on any atom is -0.382 e. The summed E-state index contributed by atoms with van der Waals surface area (Å²) in [6.45, 7) is 0. The summed E-state index contributed by atoms with van der Waals surface area (Å²) in [5.74, 6) is 0.508. The Morgan fingerprint density at radius 2 is 2.05 bits per heavy atom. The van der Waals surface area contributed by atoms with Crippen molar-refractivity contribution in [2.45, 2.75) is 4.90 Å². The van der Waals surface area contributed by atoms with Crippen LogP contribution in [0.4, 0.5) is 5.82 Å². The van der Waals surface area contributed by atoms with Gasteiger partial charge in [0.25, 0.3) is 0 Å². The molecule has 0 radical (unpaired) electrons. The summed E-state index contributed by atoms with van der Waals surface area (Å²) in [7, 11) is 0. The number of nitriles is 1. The number of rotatable bonds is 3. The van der Waals surface area contributed by atoms with Gasteiger partial charge >= 0.3 is 0 Å². The third kappa shape index (κ3) is 2.27. The van der Waals surface area contributed by atoms with Crippen LogP contribution in [0.2, 0.25) is 0 Å². The Morgan fingerprint density at radius 1 is 1.25 bits per heavy atom. The summed E-state index contributed by atoms with van der Waals surface area (Å²) in [5.41, 5.74) is 7.62. The maximum absolute atomic E-state index is 8.63. The molecule has 5 nitrogen and oxygen atoms in total. The van der Waals surface area contributed by atoms with Crippen molar-refractivity contribution in [3.05, 3.63) is 41.8 Å². The van der Waals surface area contributed by atoms with Crippen molar-refractivity contribution in [1.29, 1.82) is 5.26 Å². The molecule has 2 N–H and O–H groups in total. The molecule has 0 atom stereocenters. The molecular formula is C13H9N5S2. The molecule has 2 aromatic heterocycles. The molecule has 0 saturated heterocycles. The first-order valence-electron chi connectivity index (χ1n) is 5.71. The molecule has 7 heteroatoms. The molecule has 3 rings (SSSR count). The number of hydrogen-bond donors (Lipinski definition) is 1. The first-order chi connectivity index (χ1) is 9.79. The van der Waals surface area contributed by atoms with Crippen LogP contribution in [0.15, 0.2) is 46.7 Å². The largest absolute Gasteiger partial charge is 0.382 e. The van der Waals surface area contributed by atoms with Gasteiger partial charge < -0.3 is 5.73 Å². The molecule has 1 aromatic carbocycles. The van der Waals surface area contributed by atoms with Crippen molar-refractivity contribution in [2.75, 3.05) is 5.73 Å². The summed E-state index contributed by atoms with van der Waals surface area (Å²) in [6.07, 6.45) is 0. The van der Waals surface area contributed by atoms with Gasteiger partial charge in [-0.2, -0.15) is 9.94 Å². The molecule has 0 fully saturated rings. The number of hydrogen-bond acceptors (Lipinski definition) is 6. The SMILES string of the molecule is N#CSc1ccc(-n2nnc(-c3cccs3)c2N)cc1. The fourth-order valence-corrected chi connectivity index (χ4v) is 2.87. The first-order valence-corrected chi connectivity index (χ1v) is 7.40. The van der Waals surface area contributed by atoms with Crippen LogP contribution in [0.5, 0.6) is 0 Å². The quantitative estimate of drug-likeness (QED) is 0.593. The molecule has 0 aliphatic rings. The van der Waals surface area contributed by atoms with Crippen LogP contribution in [-0.4, -0.2) is 15.0 Å². The van der Waals surface area contributed by atoms with Crippen molar-refractivity contribution in [1.82, 2.24) is 15.0 Å². The van der Waals surface area contributed by atoms with Gasteiger partial charge in [0.05, 0.1) is 10.6 Å². The summed E-state index contributed by atoms with van der Waals surface area (Å²) < 4.78 is 1.59. The van der Waals surface area contributed by atoms with Crippen molar-refractivity contribution >= 4 is 28.9 Å². The van der Waals surface area contributed by atoms with E-state index < -0.39 is 0 Å². The Kier molecular flexibility index (Phi) is 3.41. The minimum absolute atomic E-state index is 0.508. The van der Waals surface area contributed by atoms with Gasteiger partial charge in [0.15, 0.2) is 5.82 Å². The van der Waals surface area contributed by atoms with Crippen LogP contribution < -0.4 is 5.73 Å². The topological polar surface area (TPSA) is 80.5 Å². The lowest BCUT2D eigenvalue weighted by Gasteiger charge is -2.03. The number of benzene rings is 1. The van der Waals surface area contributed by atoms with Crippen LogP contribution in [-0.2, 0) is 0 Å².